The molecule has 1 saturated carbocycles. The molecule has 2 nitrogen and oxygen atoms in total. The Morgan fingerprint density at radius 3 is 2.28 bits per heavy atom. The van der Waals surface area contributed by atoms with E-state index in [0.29, 0.717) is 11.1 Å². The number of hydrogen-bond acceptors (Lipinski definition) is 2. The Kier molecular flexibility index (Phi) is 5.04. The summed E-state index contributed by atoms with van der Waals surface area (Å²) >= 11 is 5.87. The molecule has 18 heavy (non-hydrogen) atoms. The molecule has 0 spiro atoms. The second kappa shape index (κ2) is 6.78. The first-order valence-corrected chi connectivity index (χ1v) is 7.08. The minimum atomic E-state index is -0.217. The third-order valence-electron chi connectivity index (χ3n) is 3.59. The van der Waals surface area contributed by atoms with Crippen molar-refractivity contribution in [2.75, 3.05) is 0 Å². The summed E-state index contributed by atoms with van der Waals surface area (Å²) in [7, 11) is 0. The second-order valence-corrected chi connectivity index (χ2v) is 5.41. The first-order valence-electron chi connectivity index (χ1n) is 6.71. The van der Waals surface area contributed by atoms with Crippen molar-refractivity contribution in [1.82, 2.24) is 5.32 Å². The minimum absolute atomic E-state index is 0.217. The fourth-order valence-electron chi connectivity index (χ4n) is 2.54. The van der Waals surface area contributed by atoms with E-state index in [9.17, 15) is 5.26 Å². The quantitative estimate of drug-likeness (QED) is 0.828. The van der Waals surface area contributed by atoms with Crippen molar-refractivity contribution < 1.29 is 0 Å². The lowest BCUT2D eigenvalue weighted by atomic mass is 10.0. The topological polar surface area (TPSA) is 35.8 Å². The van der Waals surface area contributed by atoms with E-state index in [0.717, 1.165) is 5.56 Å². The summed E-state index contributed by atoms with van der Waals surface area (Å²) in [6.07, 6.45) is 7.58. The number of benzene rings is 1. The van der Waals surface area contributed by atoms with Crippen LogP contribution in [0.2, 0.25) is 5.02 Å². The van der Waals surface area contributed by atoms with Crippen LogP contribution >= 0.6 is 11.6 Å². The van der Waals surface area contributed by atoms with Crippen molar-refractivity contribution in [2.24, 2.45) is 0 Å². The van der Waals surface area contributed by atoms with Gasteiger partial charge in [-0.15, -0.1) is 0 Å². The number of nitriles is 1. The van der Waals surface area contributed by atoms with Gasteiger partial charge in [-0.3, -0.25) is 5.32 Å². The molecule has 0 aromatic heterocycles. The molecule has 0 amide bonds. The first-order chi connectivity index (χ1) is 8.79. The maximum absolute atomic E-state index is 9.30. The maximum atomic E-state index is 9.30. The van der Waals surface area contributed by atoms with Gasteiger partial charge in [0, 0.05) is 11.1 Å². The van der Waals surface area contributed by atoms with E-state index < -0.39 is 0 Å². The van der Waals surface area contributed by atoms with Crippen LogP contribution in [-0.4, -0.2) is 6.04 Å². The van der Waals surface area contributed by atoms with Crippen LogP contribution in [0.3, 0.4) is 0 Å². The Morgan fingerprint density at radius 2 is 1.72 bits per heavy atom. The molecule has 0 saturated heterocycles. The van der Waals surface area contributed by atoms with Crippen LogP contribution in [0.5, 0.6) is 0 Å². The zero-order valence-corrected chi connectivity index (χ0v) is 11.3. The Bertz CT molecular complexity index is 399. The van der Waals surface area contributed by atoms with E-state index in [1.807, 2.05) is 24.3 Å². The van der Waals surface area contributed by atoms with Gasteiger partial charge in [-0.05, 0) is 30.5 Å². The highest BCUT2D eigenvalue weighted by atomic mass is 35.5. The van der Waals surface area contributed by atoms with E-state index in [1.165, 1.54) is 38.5 Å². The molecule has 2 rings (SSSR count). The molecule has 3 heteroatoms. The van der Waals surface area contributed by atoms with Gasteiger partial charge in [-0.25, -0.2) is 0 Å². The van der Waals surface area contributed by atoms with Gasteiger partial charge in [-0.1, -0.05) is 49.4 Å². The van der Waals surface area contributed by atoms with Crippen molar-refractivity contribution in [3.63, 3.8) is 0 Å². The number of hydrogen-bond donors (Lipinski definition) is 1. The van der Waals surface area contributed by atoms with E-state index in [1.54, 1.807) is 0 Å². The molecule has 0 heterocycles. The van der Waals surface area contributed by atoms with Crippen LogP contribution in [0.1, 0.15) is 50.1 Å². The van der Waals surface area contributed by atoms with Gasteiger partial charge in [0.15, 0.2) is 0 Å². The lowest BCUT2D eigenvalue weighted by molar-refractivity contribution is 0.436. The third-order valence-corrected chi connectivity index (χ3v) is 3.84. The molecule has 0 radical (unpaired) electrons. The van der Waals surface area contributed by atoms with Crippen molar-refractivity contribution in [3.8, 4) is 6.07 Å². The smallest absolute Gasteiger partial charge is 0.121 e. The molecule has 1 unspecified atom stereocenters. The predicted octanol–water partition coefficient (Wildman–Crippen LogP) is 4.22. The maximum Gasteiger partial charge on any atom is 0.121 e. The van der Waals surface area contributed by atoms with E-state index >= 15 is 0 Å². The molecule has 1 aliphatic carbocycles. The highest BCUT2D eigenvalue weighted by Crippen LogP contribution is 2.22. The second-order valence-electron chi connectivity index (χ2n) is 4.97. The van der Waals surface area contributed by atoms with Gasteiger partial charge >= 0.3 is 0 Å². The molecule has 1 atom stereocenters. The highest BCUT2D eigenvalue weighted by molar-refractivity contribution is 6.30. The lowest BCUT2D eigenvalue weighted by Gasteiger charge is -2.20. The summed E-state index contributed by atoms with van der Waals surface area (Å²) in [5.74, 6) is 0. The van der Waals surface area contributed by atoms with Crippen LogP contribution in [0.25, 0.3) is 0 Å². The molecule has 0 bridgehead atoms. The minimum Gasteiger partial charge on any atom is -0.295 e. The normalized spacial score (nSPS) is 18.9. The van der Waals surface area contributed by atoms with Crippen LogP contribution in [0.15, 0.2) is 24.3 Å². The van der Waals surface area contributed by atoms with Crippen molar-refractivity contribution >= 4 is 11.6 Å². The number of rotatable bonds is 3. The van der Waals surface area contributed by atoms with E-state index in [4.69, 9.17) is 11.6 Å². The van der Waals surface area contributed by atoms with Crippen molar-refractivity contribution in [2.45, 2.75) is 50.6 Å². The highest BCUT2D eigenvalue weighted by Gasteiger charge is 2.17. The third kappa shape index (κ3) is 3.73. The Morgan fingerprint density at radius 1 is 1.11 bits per heavy atom. The van der Waals surface area contributed by atoms with Gasteiger partial charge in [0.1, 0.15) is 6.04 Å². The molecule has 1 aromatic carbocycles. The van der Waals surface area contributed by atoms with Gasteiger partial charge in [-0.2, -0.15) is 5.26 Å². The molecule has 0 aliphatic heterocycles. The predicted molar refractivity (Wildman–Crippen MR) is 74.4 cm³/mol. The summed E-state index contributed by atoms with van der Waals surface area (Å²) < 4.78 is 0. The Hall–Kier alpha value is -1.04. The summed E-state index contributed by atoms with van der Waals surface area (Å²) in [5.41, 5.74) is 1.01. The summed E-state index contributed by atoms with van der Waals surface area (Å²) in [5, 5.41) is 13.5. The Labute approximate surface area is 114 Å². The molecular weight excluding hydrogens is 244 g/mol. The average molecular weight is 263 g/mol. The van der Waals surface area contributed by atoms with Gasteiger partial charge in [0.25, 0.3) is 0 Å². The van der Waals surface area contributed by atoms with E-state index in [-0.39, 0.29) is 6.04 Å². The number of halogens is 1. The SMILES string of the molecule is N#CC(NC1CCCCCC1)c1ccc(Cl)cc1. The first kappa shape index (κ1) is 13.4. The number of nitrogens with one attached hydrogen (secondary N) is 1. The zero-order valence-electron chi connectivity index (χ0n) is 10.5. The molecule has 96 valence electrons. The fourth-order valence-corrected chi connectivity index (χ4v) is 2.67. The van der Waals surface area contributed by atoms with Gasteiger partial charge in [0.2, 0.25) is 0 Å². The number of nitrogens with zero attached hydrogens (tertiary/aromatic N) is 1. The van der Waals surface area contributed by atoms with E-state index in [2.05, 4.69) is 11.4 Å². The Balaban J connectivity index is 2.00. The molecule has 1 fully saturated rings. The summed E-state index contributed by atoms with van der Waals surface area (Å²) in [6, 6.07) is 10.2. The van der Waals surface area contributed by atoms with Gasteiger partial charge < -0.3 is 0 Å². The van der Waals surface area contributed by atoms with Crippen LogP contribution in [-0.2, 0) is 0 Å². The molecular formula is C15H19ClN2. The van der Waals surface area contributed by atoms with Gasteiger partial charge in [0.05, 0.1) is 6.07 Å². The lowest BCUT2D eigenvalue weighted by Crippen LogP contribution is -2.31. The van der Waals surface area contributed by atoms with Crippen LogP contribution < -0.4 is 5.32 Å². The largest absolute Gasteiger partial charge is 0.295 e. The summed E-state index contributed by atoms with van der Waals surface area (Å²) in [6.45, 7) is 0. The van der Waals surface area contributed by atoms with Crippen molar-refractivity contribution in [3.05, 3.63) is 34.9 Å². The van der Waals surface area contributed by atoms with Crippen LogP contribution in [0, 0.1) is 11.3 Å². The molecule has 1 aliphatic rings. The molecule has 1 aromatic rings. The monoisotopic (exact) mass is 262 g/mol. The molecule has 1 N–H and O–H groups in total. The fraction of sp³-hybridized carbons (Fsp3) is 0.533. The summed E-state index contributed by atoms with van der Waals surface area (Å²) in [4.78, 5) is 0. The standard InChI is InChI=1S/C15H19ClN2/c16-13-9-7-12(8-10-13)15(11-17)18-14-5-3-1-2-4-6-14/h7-10,14-15,18H,1-6H2. The average Bonchev–Trinajstić information content (AvgIpc) is 2.66. The van der Waals surface area contributed by atoms with Crippen molar-refractivity contribution in [1.29, 1.82) is 5.26 Å². The zero-order chi connectivity index (χ0) is 12.8. The van der Waals surface area contributed by atoms with Crippen LogP contribution in [0.4, 0.5) is 0 Å².